The fraction of sp³-hybridized carbons (Fsp3) is 0.556. The van der Waals surface area contributed by atoms with E-state index in [0.29, 0.717) is 18.5 Å². The van der Waals surface area contributed by atoms with Crippen molar-refractivity contribution in [1.29, 1.82) is 0 Å². The molecule has 3 fully saturated rings. The highest BCUT2D eigenvalue weighted by molar-refractivity contribution is 6.13. The first-order chi connectivity index (χ1) is 13.9. The molecule has 0 bridgehead atoms. The van der Waals surface area contributed by atoms with Crippen LogP contribution in [0.25, 0.3) is 0 Å². The zero-order chi connectivity index (χ0) is 18.5. The Balaban J connectivity index is 1.24. The van der Waals surface area contributed by atoms with Crippen molar-refractivity contribution in [1.82, 2.24) is 30.5 Å². The second kappa shape index (κ2) is 6.50. The molecule has 0 saturated carbocycles. The minimum atomic E-state index is -0.0834. The Hall–Kier alpha value is -2.56. The number of rotatable bonds is 2. The summed E-state index contributed by atoms with van der Waals surface area (Å²) in [5.41, 5.74) is 0. The summed E-state index contributed by atoms with van der Waals surface area (Å²) in [5, 5.41) is 20.6. The standard InChI is InChI=1S/C18H24N10/c1-7-19-15-5-11-25(17-3-9-21-13(1)27(15)17)23-24-26-12-6-16-20-8-2-14-22-10-4-18(26)28(14)16/h1,3,5,7,9,11,14,16-18,20,22H,2,4,6,8,10,12H2/b24-23+. The monoisotopic (exact) mass is 380 g/mol. The molecule has 0 aromatic rings. The molecule has 0 amide bonds. The molecule has 0 aromatic carbocycles. The molecule has 0 aliphatic carbocycles. The van der Waals surface area contributed by atoms with E-state index in [1.165, 1.54) is 0 Å². The van der Waals surface area contributed by atoms with Crippen LogP contribution >= 0.6 is 0 Å². The lowest BCUT2D eigenvalue weighted by molar-refractivity contribution is -0.121. The maximum atomic E-state index is 4.68. The van der Waals surface area contributed by atoms with Crippen LogP contribution in [0.2, 0.25) is 0 Å². The van der Waals surface area contributed by atoms with Gasteiger partial charge in [-0.25, -0.2) is 15.0 Å². The molecular weight excluding hydrogens is 356 g/mol. The normalized spacial score (nSPS) is 36.4. The molecule has 0 aromatic heterocycles. The van der Waals surface area contributed by atoms with Crippen molar-refractivity contribution in [3.05, 3.63) is 36.8 Å². The number of aliphatic imine (C=N–C) groups is 2. The van der Waals surface area contributed by atoms with Gasteiger partial charge in [-0.3, -0.25) is 14.8 Å². The summed E-state index contributed by atoms with van der Waals surface area (Å²) < 4.78 is 0. The highest BCUT2D eigenvalue weighted by Gasteiger charge is 2.44. The van der Waals surface area contributed by atoms with E-state index in [1.807, 2.05) is 35.6 Å². The molecule has 4 atom stereocenters. The molecule has 3 saturated heterocycles. The van der Waals surface area contributed by atoms with E-state index in [1.54, 1.807) is 6.20 Å². The predicted molar refractivity (Wildman–Crippen MR) is 104 cm³/mol. The van der Waals surface area contributed by atoms with Gasteiger partial charge in [0, 0.05) is 25.1 Å². The van der Waals surface area contributed by atoms with Gasteiger partial charge < -0.3 is 10.6 Å². The molecule has 6 rings (SSSR count). The van der Waals surface area contributed by atoms with Crippen molar-refractivity contribution in [3.63, 3.8) is 0 Å². The summed E-state index contributed by atoms with van der Waals surface area (Å²) in [6.07, 6.45) is 15.8. The van der Waals surface area contributed by atoms with Crippen LogP contribution in [0.3, 0.4) is 0 Å². The van der Waals surface area contributed by atoms with Crippen LogP contribution in [0.4, 0.5) is 0 Å². The van der Waals surface area contributed by atoms with E-state index in [4.69, 9.17) is 0 Å². The summed E-state index contributed by atoms with van der Waals surface area (Å²) in [6.45, 7) is 3.02. The highest BCUT2D eigenvalue weighted by Crippen LogP contribution is 2.30. The average Bonchev–Trinajstić information content (AvgIpc) is 2.75. The van der Waals surface area contributed by atoms with Crippen LogP contribution in [0.15, 0.2) is 57.3 Å². The van der Waals surface area contributed by atoms with Gasteiger partial charge in [-0.2, -0.15) is 0 Å². The number of nitrogens with one attached hydrogen (secondary N) is 2. The Bertz CT molecular complexity index is 817. The van der Waals surface area contributed by atoms with Crippen LogP contribution in [-0.2, 0) is 0 Å². The summed E-state index contributed by atoms with van der Waals surface area (Å²) in [7, 11) is 0. The van der Waals surface area contributed by atoms with Crippen LogP contribution in [0.5, 0.6) is 0 Å². The van der Waals surface area contributed by atoms with Crippen LogP contribution in [0, 0.1) is 0 Å². The molecule has 2 N–H and O–H groups in total. The van der Waals surface area contributed by atoms with Crippen LogP contribution in [-0.4, -0.2) is 75.8 Å². The summed E-state index contributed by atoms with van der Waals surface area (Å²) in [6, 6.07) is 0. The average molecular weight is 380 g/mol. The lowest BCUT2D eigenvalue weighted by Crippen LogP contribution is -2.72. The van der Waals surface area contributed by atoms with Crippen molar-refractivity contribution in [3.8, 4) is 0 Å². The first-order valence-electron chi connectivity index (χ1n) is 10.1. The molecular formula is C18H24N10. The third-order valence-electron chi connectivity index (χ3n) is 6.18. The number of hydrogen-bond acceptors (Lipinski definition) is 8. The smallest absolute Gasteiger partial charge is 0.152 e. The molecule has 0 radical (unpaired) electrons. The Kier molecular flexibility index (Phi) is 3.81. The number of hydrogen-bond donors (Lipinski definition) is 2. The van der Waals surface area contributed by atoms with Crippen molar-refractivity contribution in [2.24, 2.45) is 20.4 Å². The SMILES string of the molecule is C1=CC2=NC=CC3N(/N=N/N4CCC5NCCC6NCCC4N65)C=CC(=N1)N23. The van der Waals surface area contributed by atoms with Crippen molar-refractivity contribution < 1.29 is 0 Å². The largest absolute Gasteiger partial charge is 0.301 e. The van der Waals surface area contributed by atoms with Crippen molar-refractivity contribution >= 4 is 11.7 Å². The van der Waals surface area contributed by atoms with Gasteiger partial charge >= 0.3 is 0 Å². The lowest BCUT2D eigenvalue weighted by Gasteiger charge is -2.55. The summed E-state index contributed by atoms with van der Waals surface area (Å²) >= 11 is 0. The van der Waals surface area contributed by atoms with Gasteiger partial charge in [-0.1, -0.05) is 5.22 Å². The van der Waals surface area contributed by atoms with E-state index in [0.717, 1.165) is 50.6 Å². The van der Waals surface area contributed by atoms with E-state index in [9.17, 15) is 0 Å². The second-order valence-electron chi connectivity index (χ2n) is 7.69. The van der Waals surface area contributed by atoms with E-state index < -0.39 is 0 Å². The maximum Gasteiger partial charge on any atom is 0.152 e. The Morgan fingerprint density at radius 1 is 0.929 bits per heavy atom. The Morgan fingerprint density at radius 3 is 2.71 bits per heavy atom. The third kappa shape index (κ3) is 2.52. The molecule has 146 valence electrons. The summed E-state index contributed by atoms with van der Waals surface area (Å²) in [4.78, 5) is 13.5. The van der Waals surface area contributed by atoms with Crippen molar-refractivity contribution in [2.75, 3.05) is 19.6 Å². The van der Waals surface area contributed by atoms with E-state index in [-0.39, 0.29) is 6.17 Å². The first-order valence-corrected chi connectivity index (χ1v) is 10.1. The molecule has 10 nitrogen and oxygen atoms in total. The number of amidine groups is 2. The highest BCUT2D eigenvalue weighted by atomic mass is 15.7. The molecule has 6 aliphatic heterocycles. The van der Waals surface area contributed by atoms with Gasteiger partial charge in [0.1, 0.15) is 17.8 Å². The minimum Gasteiger partial charge on any atom is -0.301 e. The molecule has 0 spiro atoms. The molecule has 6 heterocycles. The fourth-order valence-electron chi connectivity index (χ4n) is 4.91. The fourth-order valence-corrected chi connectivity index (χ4v) is 4.91. The lowest BCUT2D eigenvalue weighted by atomic mass is 10.0. The number of nitrogens with zero attached hydrogens (tertiary/aromatic N) is 8. The van der Waals surface area contributed by atoms with Crippen LogP contribution < -0.4 is 10.6 Å². The third-order valence-corrected chi connectivity index (χ3v) is 6.18. The zero-order valence-corrected chi connectivity index (χ0v) is 15.6. The van der Waals surface area contributed by atoms with Gasteiger partial charge in [-0.05, 0) is 55.8 Å². The quantitative estimate of drug-likeness (QED) is 0.681. The Morgan fingerprint density at radius 2 is 1.75 bits per heavy atom. The topological polar surface area (TPSA) is 86.5 Å². The van der Waals surface area contributed by atoms with Gasteiger partial charge in [-0.15, -0.1) is 0 Å². The molecule has 10 heteroatoms. The van der Waals surface area contributed by atoms with Gasteiger partial charge in [0.05, 0.1) is 12.3 Å². The Labute approximate surface area is 163 Å². The van der Waals surface area contributed by atoms with Gasteiger partial charge in [0.15, 0.2) is 6.17 Å². The van der Waals surface area contributed by atoms with Gasteiger partial charge in [0.25, 0.3) is 0 Å². The van der Waals surface area contributed by atoms with Crippen LogP contribution in [0.1, 0.15) is 19.3 Å². The minimum absolute atomic E-state index is 0.0834. The predicted octanol–water partition coefficient (Wildman–Crippen LogP) is 0.550. The first kappa shape index (κ1) is 16.4. The second-order valence-corrected chi connectivity index (χ2v) is 7.69. The zero-order valence-electron chi connectivity index (χ0n) is 15.6. The molecule has 4 unspecified atom stereocenters. The molecule has 28 heavy (non-hydrogen) atoms. The van der Waals surface area contributed by atoms with Gasteiger partial charge in [0.2, 0.25) is 0 Å². The van der Waals surface area contributed by atoms with Crippen molar-refractivity contribution in [2.45, 2.75) is 43.9 Å². The van der Waals surface area contributed by atoms with E-state index in [2.05, 4.69) is 45.9 Å². The maximum absolute atomic E-state index is 4.68. The molecule has 6 aliphatic rings. The van der Waals surface area contributed by atoms with E-state index >= 15 is 0 Å². The summed E-state index contributed by atoms with van der Waals surface area (Å²) in [5.74, 6) is 1.76.